The summed E-state index contributed by atoms with van der Waals surface area (Å²) in [5.41, 5.74) is 0. The quantitative estimate of drug-likeness (QED) is 0.568. The molecular formula is C11H23NO3. The monoisotopic (exact) mass is 217 g/mol. The number of hydrogen-bond acceptors (Lipinski definition) is 3. The number of carbonyl (C=O) groups is 1. The van der Waals surface area contributed by atoms with Crippen LogP contribution < -0.4 is 5.32 Å². The highest BCUT2D eigenvalue weighted by atomic mass is 16.5. The van der Waals surface area contributed by atoms with Gasteiger partial charge in [0.15, 0.2) is 0 Å². The Bertz CT molecular complexity index is 162. The van der Waals surface area contributed by atoms with E-state index in [2.05, 4.69) is 5.32 Å². The zero-order valence-electron chi connectivity index (χ0n) is 9.79. The second-order valence-corrected chi connectivity index (χ2v) is 3.63. The van der Waals surface area contributed by atoms with E-state index in [4.69, 9.17) is 9.84 Å². The fourth-order valence-corrected chi connectivity index (χ4v) is 1.30. The van der Waals surface area contributed by atoms with Crippen LogP contribution in [0.2, 0.25) is 0 Å². The van der Waals surface area contributed by atoms with Crippen LogP contribution in [0.4, 0.5) is 0 Å². The van der Waals surface area contributed by atoms with Crippen LogP contribution in [0, 0.1) is 0 Å². The Kier molecular flexibility index (Phi) is 9.52. The van der Waals surface area contributed by atoms with Gasteiger partial charge in [0, 0.05) is 32.3 Å². The first-order chi connectivity index (χ1) is 7.20. The van der Waals surface area contributed by atoms with E-state index in [1.165, 1.54) is 0 Å². The molecule has 2 N–H and O–H groups in total. The Morgan fingerprint density at radius 1 is 1.47 bits per heavy atom. The van der Waals surface area contributed by atoms with Gasteiger partial charge < -0.3 is 15.2 Å². The molecule has 0 aliphatic carbocycles. The maximum Gasteiger partial charge on any atom is 0.220 e. The highest BCUT2D eigenvalue weighted by molar-refractivity contribution is 5.76. The molecule has 4 nitrogen and oxygen atoms in total. The molecule has 0 aromatic carbocycles. The summed E-state index contributed by atoms with van der Waals surface area (Å²) in [5, 5.41) is 11.5. The molecule has 0 fully saturated rings. The average Bonchev–Trinajstić information content (AvgIpc) is 2.21. The highest BCUT2D eigenvalue weighted by Crippen LogP contribution is 1.97. The highest BCUT2D eigenvalue weighted by Gasteiger charge is 2.06. The Hall–Kier alpha value is -0.610. The van der Waals surface area contributed by atoms with Gasteiger partial charge in [-0.15, -0.1) is 0 Å². The summed E-state index contributed by atoms with van der Waals surface area (Å²) in [5.74, 6) is 0.0696. The molecular weight excluding hydrogens is 194 g/mol. The van der Waals surface area contributed by atoms with Crippen LogP contribution in [0.3, 0.4) is 0 Å². The summed E-state index contributed by atoms with van der Waals surface area (Å²) >= 11 is 0. The van der Waals surface area contributed by atoms with Crippen LogP contribution in [0.1, 0.15) is 39.5 Å². The lowest BCUT2D eigenvalue weighted by Crippen LogP contribution is -2.32. The third kappa shape index (κ3) is 9.69. The van der Waals surface area contributed by atoms with E-state index < -0.39 is 0 Å². The maximum absolute atomic E-state index is 11.4. The fourth-order valence-electron chi connectivity index (χ4n) is 1.30. The topological polar surface area (TPSA) is 58.6 Å². The van der Waals surface area contributed by atoms with Crippen molar-refractivity contribution in [2.45, 2.75) is 45.6 Å². The lowest BCUT2D eigenvalue weighted by Gasteiger charge is -2.12. The van der Waals surface area contributed by atoms with Crippen molar-refractivity contribution in [3.63, 3.8) is 0 Å². The zero-order valence-corrected chi connectivity index (χ0v) is 9.79. The molecule has 0 aliphatic rings. The van der Waals surface area contributed by atoms with Gasteiger partial charge in [-0.1, -0.05) is 0 Å². The Labute approximate surface area is 92.0 Å². The number of aliphatic hydroxyl groups excluding tert-OH is 1. The molecule has 0 spiro atoms. The zero-order chi connectivity index (χ0) is 11.5. The van der Waals surface area contributed by atoms with Crippen LogP contribution in [0.25, 0.3) is 0 Å². The maximum atomic E-state index is 11.4. The van der Waals surface area contributed by atoms with Crippen molar-refractivity contribution in [1.82, 2.24) is 5.32 Å². The van der Waals surface area contributed by atoms with Crippen molar-refractivity contribution in [2.24, 2.45) is 0 Å². The number of nitrogens with one attached hydrogen (secondary N) is 1. The predicted molar refractivity (Wildman–Crippen MR) is 59.7 cm³/mol. The number of rotatable bonds is 9. The van der Waals surface area contributed by atoms with Crippen molar-refractivity contribution in [1.29, 1.82) is 0 Å². The van der Waals surface area contributed by atoms with E-state index in [1.807, 2.05) is 13.8 Å². The van der Waals surface area contributed by atoms with Gasteiger partial charge in [-0.2, -0.15) is 0 Å². The number of amides is 1. The normalized spacial score (nSPS) is 12.5. The predicted octanol–water partition coefficient (Wildman–Crippen LogP) is 1.08. The summed E-state index contributed by atoms with van der Waals surface area (Å²) in [6.07, 6.45) is 2.85. The number of ether oxygens (including phenoxy) is 1. The molecule has 15 heavy (non-hydrogen) atoms. The van der Waals surface area contributed by atoms with Gasteiger partial charge in [-0.05, 0) is 33.1 Å². The van der Waals surface area contributed by atoms with Crippen LogP contribution in [-0.2, 0) is 9.53 Å². The van der Waals surface area contributed by atoms with E-state index in [9.17, 15) is 4.79 Å². The van der Waals surface area contributed by atoms with E-state index in [1.54, 1.807) is 0 Å². The van der Waals surface area contributed by atoms with E-state index >= 15 is 0 Å². The molecule has 0 saturated heterocycles. The number of carbonyl (C=O) groups excluding carboxylic acids is 1. The van der Waals surface area contributed by atoms with Crippen LogP contribution >= 0.6 is 0 Å². The van der Waals surface area contributed by atoms with E-state index in [0.717, 1.165) is 19.3 Å². The van der Waals surface area contributed by atoms with Crippen LogP contribution in [0.15, 0.2) is 0 Å². The van der Waals surface area contributed by atoms with E-state index in [0.29, 0.717) is 19.6 Å². The summed E-state index contributed by atoms with van der Waals surface area (Å²) in [6, 6.07) is 0.150. The average molecular weight is 217 g/mol. The molecule has 0 aliphatic heterocycles. The smallest absolute Gasteiger partial charge is 0.220 e. The van der Waals surface area contributed by atoms with Gasteiger partial charge >= 0.3 is 0 Å². The molecule has 0 heterocycles. The minimum absolute atomic E-state index is 0.0696. The largest absolute Gasteiger partial charge is 0.396 e. The summed E-state index contributed by atoms with van der Waals surface area (Å²) in [6.45, 7) is 5.43. The van der Waals surface area contributed by atoms with Gasteiger partial charge in [0.25, 0.3) is 0 Å². The molecule has 4 heteroatoms. The second-order valence-electron chi connectivity index (χ2n) is 3.63. The third-order valence-corrected chi connectivity index (χ3v) is 2.10. The number of hydrogen-bond donors (Lipinski definition) is 2. The van der Waals surface area contributed by atoms with Gasteiger partial charge in [-0.25, -0.2) is 0 Å². The molecule has 0 bridgehead atoms. The second kappa shape index (κ2) is 9.93. The fraction of sp³-hybridized carbons (Fsp3) is 0.909. The molecule has 1 unspecified atom stereocenters. The first-order valence-electron chi connectivity index (χ1n) is 5.68. The summed E-state index contributed by atoms with van der Waals surface area (Å²) in [4.78, 5) is 11.4. The van der Waals surface area contributed by atoms with Crippen molar-refractivity contribution in [2.75, 3.05) is 19.8 Å². The summed E-state index contributed by atoms with van der Waals surface area (Å²) in [7, 11) is 0. The standard InChI is InChI=1S/C11H23NO3/c1-3-15-9-5-7-11(14)12-10(2)6-4-8-13/h10,13H,3-9H2,1-2H3,(H,12,14). The lowest BCUT2D eigenvalue weighted by atomic mass is 10.2. The molecule has 1 amide bonds. The molecule has 0 radical (unpaired) electrons. The number of aliphatic hydroxyl groups is 1. The van der Waals surface area contributed by atoms with E-state index in [-0.39, 0.29) is 18.6 Å². The Morgan fingerprint density at radius 2 is 2.20 bits per heavy atom. The lowest BCUT2D eigenvalue weighted by molar-refractivity contribution is -0.122. The molecule has 0 aromatic rings. The molecule has 90 valence electrons. The third-order valence-electron chi connectivity index (χ3n) is 2.10. The van der Waals surface area contributed by atoms with Crippen molar-refractivity contribution < 1.29 is 14.6 Å². The first-order valence-corrected chi connectivity index (χ1v) is 5.68. The van der Waals surface area contributed by atoms with Gasteiger partial charge in [0.2, 0.25) is 5.91 Å². The Balaban J connectivity index is 3.38. The minimum atomic E-state index is 0.0696. The molecule has 0 aromatic heterocycles. The van der Waals surface area contributed by atoms with Crippen LogP contribution in [-0.4, -0.2) is 36.9 Å². The molecule has 0 rings (SSSR count). The van der Waals surface area contributed by atoms with Crippen molar-refractivity contribution >= 4 is 5.91 Å². The molecule has 1 atom stereocenters. The SMILES string of the molecule is CCOCCCC(=O)NC(C)CCCO. The van der Waals surface area contributed by atoms with Gasteiger partial charge in [-0.3, -0.25) is 4.79 Å². The summed E-state index contributed by atoms with van der Waals surface area (Å²) < 4.78 is 5.14. The van der Waals surface area contributed by atoms with Crippen molar-refractivity contribution in [3.05, 3.63) is 0 Å². The first kappa shape index (κ1) is 14.4. The van der Waals surface area contributed by atoms with Gasteiger partial charge in [0.05, 0.1) is 0 Å². The van der Waals surface area contributed by atoms with Gasteiger partial charge in [0.1, 0.15) is 0 Å². The minimum Gasteiger partial charge on any atom is -0.396 e. The van der Waals surface area contributed by atoms with Crippen molar-refractivity contribution in [3.8, 4) is 0 Å². The molecule has 0 saturated carbocycles. The van der Waals surface area contributed by atoms with Crippen LogP contribution in [0.5, 0.6) is 0 Å². The Morgan fingerprint density at radius 3 is 2.80 bits per heavy atom.